The van der Waals surface area contributed by atoms with E-state index in [4.69, 9.17) is 9.52 Å². The fraction of sp³-hybridized carbons (Fsp3) is 0.400. The predicted octanol–water partition coefficient (Wildman–Crippen LogP) is 2.33. The van der Waals surface area contributed by atoms with Crippen LogP contribution in [0.25, 0.3) is 10.8 Å². The van der Waals surface area contributed by atoms with Crippen molar-refractivity contribution in [3.8, 4) is 10.8 Å². The van der Waals surface area contributed by atoms with Gasteiger partial charge in [0.25, 0.3) is 0 Å². The van der Waals surface area contributed by atoms with Crippen molar-refractivity contribution in [3.63, 3.8) is 0 Å². The maximum atomic E-state index is 12.3. The van der Waals surface area contributed by atoms with Crippen molar-refractivity contribution >= 4 is 23.2 Å². The molecule has 0 saturated heterocycles. The van der Waals surface area contributed by atoms with Gasteiger partial charge in [-0.2, -0.15) is 0 Å². The number of carboxylic acids is 1. The van der Waals surface area contributed by atoms with Crippen molar-refractivity contribution in [1.82, 2.24) is 9.88 Å². The molecule has 2 aromatic heterocycles. The van der Waals surface area contributed by atoms with Crippen LogP contribution in [0.1, 0.15) is 24.3 Å². The second-order valence-electron chi connectivity index (χ2n) is 5.38. The number of carbonyl (C=O) groups excluding carboxylic acids is 1. The van der Waals surface area contributed by atoms with Gasteiger partial charge in [-0.1, -0.05) is 0 Å². The Morgan fingerprint density at radius 2 is 2.23 bits per heavy atom. The van der Waals surface area contributed by atoms with Crippen molar-refractivity contribution in [2.24, 2.45) is 0 Å². The van der Waals surface area contributed by atoms with Gasteiger partial charge in [0, 0.05) is 11.4 Å². The Balaban J connectivity index is 1.68. The van der Waals surface area contributed by atoms with E-state index in [1.165, 1.54) is 16.2 Å². The molecule has 1 aliphatic carbocycles. The average Bonchev–Trinajstić information content (AvgIpc) is 3.04. The number of aromatic nitrogens is 1. The van der Waals surface area contributed by atoms with Gasteiger partial charge in [0.05, 0.1) is 12.1 Å². The molecule has 1 fully saturated rings. The summed E-state index contributed by atoms with van der Waals surface area (Å²) in [5, 5.41) is 11.5. The first-order valence-electron chi connectivity index (χ1n) is 7.05. The highest BCUT2D eigenvalue weighted by molar-refractivity contribution is 7.13. The van der Waals surface area contributed by atoms with Crippen LogP contribution >= 0.6 is 11.3 Å². The fourth-order valence-electron chi connectivity index (χ4n) is 2.26. The van der Waals surface area contributed by atoms with E-state index in [2.05, 4.69) is 4.98 Å². The van der Waals surface area contributed by atoms with Crippen molar-refractivity contribution in [2.45, 2.75) is 32.2 Å². The van der Waals surface area contributed by atoms with Crippen LogP contribution in [0.4, 0.5) is 0 Å². The van der Waals surface area contributed by atoms with Gasteiger partial charge in [-0.15, -0.1) is 11.3 Å². The van der Waals surface area contributed by atoms with Crippen LogP contribution in [0.15, 0.2) is 21.9 Å². The molecule has 0 unspecified atom stereocenters. The highest BCUT2D eigenvalue weighted by Crippen LogP contribution is 2.28. The molecule has 3 rings (SSSR count). The van der Waals surface area contributed by atoms with Crippen LogP contribution in [0.3, 0.4) is 0 Å². The van der Waals surface area contributed by atoms with Crippen LogP contribution < -0.4 is 0 Å². The highest BCUT2D eigenvalue weighted by atomic mass is 32.1. The summed E-state index contributed by atoms with van der Waals surface area (Å²) in [6.07, 6.45) is 1.89. The first-order chi connectivity index (χ1) is 10.5. The lowest BCUT2D eigenvalue weighted by Gasteiger charge is -2.19. The minimum atomic E-state index is -0.981. The Labute approximate surface area is 131 Å². The number of furan rings is 1. The third kappa shape index (κ3) is 3.36. The maximum absolute atomic E-state index is 12.3. The lowest BCUT2D eigenvalue weighted by molar-refractivity contribution is -0.144. The molecule has 116 valence electrons. The van der Waals surface area contributed by atoms with Crippen molar-refractivity contribution in [3.05, 3.63) is 29.0 Å². The molecule has 2 aromatic rings. The van der Waals surface area contributed by atoms with E-state index in [0.29, 0.717) is 11.5 Å². The second-order valence-corrected chi connectivity index (χ2v) is 6.24. The Bertz CT molecular complexity index is 702. The van der Waals surface area contributed by atoms with E-state index in [0.717, 1.165) is 23.6 Å². The summed E-state index contributed by atoms with van der Waals surface area (Å²) < 4.78 is 5.51. The van der Waals surface area contributed by atoms with Gasteiger partial charge in [0.1, 0.15) is 12.3 Å². The van der Waals surface area contributed by atoms with E-state index in [1.54, 1.807) is 0 Å². The molecule has 0 aliphatic heterocycles. The molecule has 0 radical (unpaired) electrons. The molecule has 7 heteroatoms. The topological polar surface area (TPSA) is 83.6 Å². The minimum Gasteiger partial charge on any atom is -0.480 e. The van der Waals surface area contributed by atoms with Crippen molar-refractivity contribution in [2.75, 3.05) is 6.54 Å². The third-order valence-corrected chi connectivity index (χ3v) is 4.35. The van der Waals surface area contributed by atoms with Gasteiger partial charge in [-0.3, -0.25) is 9.59 Å². The summed E-state index contributed by atoms with van der Waals surface area (Å²) in [4.78, 5) is 29.0. The number of nitrogens with zero attached hydrogens (tertiary/aromatic N) is 2. The van der Waals surface area contributed by atoms with Gasteiger partial charge in [0.15, 0.2) is 10.8 Å². The molecule has 1 saturated carbocycles. The summed E-state index contributed by atoms with van der Waals surface area (Å²) in [5.41, 5.74) is 0.648. The van der Waals surface area contributed by atoms with Crippen molar-refractivity contribution in [1.29, 1.82) is 0 Å². The second kappa shape index (κ2) is 5.92. The van der Waals surface area contributed by atoms with Crippen LogP contribution in [-0.4, -0.2) is 39.5 Å². The standard InChI is InChI=1S/C15H16N2O4S/c1-9-2-5-12(21-9)15-16-10(8-22-15)6-13(18)17(7-14(19)20)11-3-4-11/h2,5,8,11H,3-4,6-7H2,1H3,(H,19,20). The number of thiazole rings is 1. The summed E-state index contributed by atoms with van der Waals surface area (Å²) in [5.74, 6) is 0.331. The molecule has 0 bridgehead atoms. The Hall–Kier alpha value is -2.15. The monoisotopic (exact) mass is 320 g/mol. The minimum absolute atomic E-state index is 0.0782. The molecule has 1 amide bonds. The lowest BCUT2D eigenvalue weighted by Crippen LogP contribution is -2.38. The first-order valence-corrected chi connectivity index (χ1v) is 7.93. The normalized spacial score (nSPS) is 14.0. The summed E-state index contributed by atoms with van der Waals surface area (Å²) in [6.45, 7) is 1.62. The SMILES string of the molecule is Cc1ccc(-c2nc(CC(=O)N(CC(=O)O)C3CC3)cs2)o1. The largest absolute Gasteiger partial charge is 0.480 e. The van der Waals surface area contributed by atoms with E-state index in [1.807, 2.05) is 24.4 Å². The van der Waals surface area contributed by atoms with E-state index >= 15 is 0 Å². The zero-order valence-electron chi connectivity index (χ0n) is 12.1. The zero-order chi connectivity index (χ0) is 15.7. The number of hydrogen-bond donors (Lipinski definition) is 1. The van der Waals surface area contributed by atoms with E-state index in [-0.39, 0.29) is 24.9 Å². The van der Waals surface area contributed by atoms with E-state index in [9.17, 15) is 9.59 Å². The average molecular weight is 320 g/mol. The number of aliphatic carboxylic acids is 1. The maximum Gasteiger partial charge on any atom is 0.323 e. The number of aryl methyl sites for hydroxylation is 1. The van der Waals surface area contributed by atoms with Gasteiger partial charge in [-0.25, -0.2) is 4.98 Å². The molecule has 6 nitrogen and oxygen atoms in total. The molecule has 2 heterocycles. The van der Waals surface area contributed by atoms with Gasteiger partial charge < -0.3 is 14.4 Å². The molecule has 1 N–H and O–H groups in total. The molecular weight excluding hydrogens is 304 g/mol. The fourth-order valence-corrected chi connectivity index (χ4v) is 3.04. The Morgan fingerprint density at radius 3 is 2.82 bits per heavy atom. The molecule has 0 atom stereocenters. The van der Waals surface area contributed by atoms with Gasteiger partial charge >= 0.3 is 5.97 Å². The Kier molecular flexibility index (Phi) is 3.98. The summed E-state index contributed by atoms with van der Waals surface area (Å²) in [6, 6.07) is 3.79. The third-order valence-electron chi connectivity index (χ3n) is 3.45. The highest BCUT2D eigenvalue weighted by Gasteiger charge is 2.33. The van der Waals surface area contributed by atoms with Crippen LogP contribution in [0.5, 0.6) is 0 Å². The van der Waals surface area contributed by atoms with E-state index < -0.39 is 5.97 Å². The van der Waals surface area contributed by atoms with Crippen molar-refractivity contribution < 1.29 is 19.1 Å². The number of amides is 1. The number of carboxylic acid groups (broad SMARTS) is 1. The molecule has 22 heavy (non-hydrogen) atoms. The van der Waals surface area contributed by atoms with Gasteiger partial charge in [0.2, 0.25) is 5.91 Å². The molecule has 0 spiro atoms. The predicted molar refractivity (Wildman–Crippen MR) is 80.6 cm³/mol. The zero-order valence-corrected chi connectivity index (χ0v) is 12.9. The summed E-state index contributed by atoms with van der Waals surface area (Å²) in [7, 11) is 0. The molecular formula is C15H16N2O4S. The molecule has 1 aliphatic rings. The first kappa shape index (κ1) is 14.8. The lowest BCUT2D eigenvalue weighted by atomic mass is 10.3. The molecule has 0 aromatic carbocycles. The smallest absolute Gasteiger partial charge is 0.323 e. The Morgan fingerprint density at radius 1 is 1.45 bits per heavy atom. The van der Waals surface area contributed by atoms with Gasteiger partial charge in [-0.05, 0) is 31.9 Å². The quantitative estimate of drug-likeness (QED) is 0.883. The summed E-state index contributed by atoms with van der Waals surface area (Å²) >= 11 is 1.42. The number of carbonyl (C=O) groups is 2. The van der Waals surface area contributed by atoms with Crippen LogP contribution in [-0.2, 0) is 16.0 Å². The number of rotatable bonds is 6. The van der Waals surface area contributed by atoms with Crippen LogP contribution in [0, 0.1) is 6.92 Å². The number of hydrogen-bond acceptors (Lipinski definition) is 5. The van der Waals surface area contributed by atoms with Crippen LogP contribution in [0.2, 0.25) is 0 Å².